The fourth-order valence-electron chi connectivity index (χ4n) is 2.32. The van der Waals surface area contributed by atoms with E-state index >= 15 is 0 Å². The highest BCUT2D eigenvalue weighted by Gasteiger charge is 2.32. The number of nitrogens with zero attached hydrogens (tertiary/aromatic N) is 2. The van der Waals surface area contributed by atoms with Gasteiger partial charge in [0.2, 0.25) is 0 Å². The molecule has 0 bridgehead atoms. The number of benzene rings is 1. The van der Waals surface area contributed by atoms with Crippen LogP contribution in [-0.2, 0) is 5.88 Å². The Morgan fingerprint density at radius 2 is 2.15 bits per heavy atom. The lowest BCUT2D eigenvalue weighted by Gasteiger charge is -2.25. The van der Waals surface area contributed by atoms with Crippen molar-refractivity contribution >= 4 is 23.0 Å². The average Bonchev–Trinajstić information content (AvgIpc) is 3.23. The van der Waals surface area contributed by atoms with E-state index in [0.29, 0.717) is 17.8 Å². The molecular weight excluding hydrogens is 276 g/mol. The van der Waals surface area contributed by atoms with Crippen LogP contribution in [0.3, 0.4) is 0 Å². The molecule has 0 saturated heterocycles. The second-order valence-corrected chi connectivity index (χ2v) is 6.09. The smallest absolute Gasteiger partial charge is 0.292 e. The summed E-state index contributed by atoms with van der Waals surface area (Å²) in [6, 6.07) is 5.82. The van der Waals surface area contributed by atoms with E-state index in [9.17, 15) is 10.1 Å². The molecular formula is C15H21ClN2O2. The first-order valence-corrected chi connectivity index (χ1v) is 7.66. The monoisotopic (exact) mass is 296 g/mol. The van der Waals surface area contributed by atoms with E-state index in [-0.39, 0.29) is 10.6 Å². The maximum absolute atomic E-state index is 11.3. The summed E-state index contributed by atoms with van der Waals surface area (Å²) in [5.74, 6) is 0.897. The van der Waals surface area contributed by atoms with Crippen LogP contribution in [0.5, 0.6) is 0 Å². The summed E-state index contributed by atoms with van der Waals surface area (Å²) < 4.78 is 0. The van der Waals surface area contributed by atoms with Crippen molar-refractivity contribution in [2.24, 2.45) is 5.92 Å². The molecule has 0 N–H and O–H groups in total. The first-order chi connectivity index (χ1) is 9.52. The molecule has 0 spiro atoms. The van der Waals surface area contributed by atoms with Gasteiger partial charge in [0.25, 0.3) is 5.69 Å². The summed E-state index contributed by atoms with van der Waals surface area (Å²) >= 11 is 5.78. The third-order valence-electron chi connectivity index (χ3n) is 3.64. The lowest BCUT2D eigenvalue weighted by Crippen LogP contribution is -2.28. The van der Waals surface area contributed by atoms with Gasteiger partial charge in [-0.2, -0.15) is 0 Å². The minimum absolute atomic E-state index is 0.179. The molecule has 1 aliphatic carbocycles. The molecule has 4 nitrogen and oxygen atoms in total. The van der Waals surface area contributed by atoms with Gasteiger partial charge in [0.05, 0.1) is 4.92 Å². The van der Waals surface area contributed by atoms with Crippen LogP contribution in [-0.4, -0.2) is 17.5 Å². The molecule has 20 heavy (non-hydrogen) atoms. The maximum Gasteiger partial charge on any atom is 0.292 e. The molecule has 1 aromatic rings. The van der Waals surface area contributed by atoms with Crippen molar-refractivity contribution < 1.29 is 4.92 Å². The van der Waals surface area contributed by atoms with Gasteiger partial charge in [0.15, 0.2) is 0 Å². The molecule has 0 radical (unpaired) electrons. The van der Waals surface area contributed by atoms with Gasteiger partial charge >= 0.3 is 0 Å². The molecule has 5 heteroatoms. The van der Waals surface area contributed by atoms with Gasteiger partial charge in [-0.3, -0.25) is 10.1 Å². The molecule has 1 aromatic carbocycles. The number of hydrogen-bond acceptors (Lipinski definition) is 3. The Balaban J connectivity index is 2.29. The van der Waals surface area contributed by atoms with Crippen LogP contribution >= 0.6 is 11.6 Å². The van der Waals surface area contributed by atoms with Crippen molar-refractivity contribution in [3.8, 4) is 0 Å². The van der Waals surface area contributed by atoms with Crippen molar-refractivity contribution in [1.29, 1.82) is 0 Å². The molecule has 110 valence electrons. The number of halogens is 1. The van der Waals surface area contributed by atoms with E-state index in [1.54, 1.807) is 6.07 Å². The Morgan fingerprint density at radius 3 is 2.65 bits per heavy atom. The summed E-state index contributed by atoms with van der Waals surface area (Å²) in [7, 11) is 0. The lowest BCUT2D eigenvalue weighted by atomic mass is 10.1. The first kappa shape index (κ1) is 15.1. The summed E-state index contributed by atoms with van der Waals surface area (Å²) in [6.07, 6.45) is 3.31. The van der Waals surface area contributed by atoms with E-state index in [1.807, 2.05) is 12.1 Å². The lowest BCUT2D eigenvalue weighted by molar-refractivity contribution is -0.384. The predicted molar refractivity (Wildman–Crippen MR) is 82.5 cm³/mol. The zero-order valence-electron chi connectivity index (χ0n) is 12.0. The molecule has 0 heterocycles. The molecule has 0 aliphatic heterocycles. The van der Waals surface area contributed by atoms with Crippen LogP contribution in [0, 0.1) is 16.0 Å². The predicted octanol–water partition coefficient (Wildman–Crippen LogP) is 4.35. The van der Waals surface area contributed by atoms with Crippen LogP contribution < -0.4 is 4.90 Å². The third-order valence-corrected chi connectivity index (χ3v) is 3.94. The van der Waals surface area contributed by atoms with Gasteiger partial charge in [-0.25, -0.2) is 0 Å². The van der Waals surface area contributed by atoms with Gasteiger partial charge in [0.1, 0.15) is 5.69 Å². The standard InChI is InChI=1S/C15H21ClN2O2/c1-11(2)7-8-17(13-4-5-13)14-6-3-12(10-16)9-15(14)18(19)20/h3,6,9,11,13H,4-5,7-8,10H2,1-2H3. The number of anilines is 1. The molecule has 0 atom stereocenters. The largest absolute Gasteiger partial charge is 0.363 e. The zero-order chi connectivity index (χ0) is 14.7. The van der Waals surface area contributed by atoms with Gasteiger partial charge < -0.3 is 4.90 Å². The van der Waals surface area contributed by atoms with Gasteiger partial charge in [-0.15, -0.1) is 11.6 Å². The van der Waals surface area contributed by atoms with Crippen LogP contribution in [0.4, 0.5) is 11.4 Å². The third kappa shape index (κ3) is 3.63. The molecule has 1 saturated carbocycles. The van der Waals surface area contributed by atoms with E-state index in [2.05, 4.69) is 18.7 Å². The van der Waals surface area contributed by atoms with Crippen molar-refractivity contribution in [2.75, 3.05) is 11.4 Å². The minimum atomic E-state index is -0.295. The molecule has 1 fully saturated rings. The zero-order valence-corrected chi connectivity index (χ0v) is 12.8. The number of hydrogen-bond donors (Lipinski definition) is 0. The Hall–Kier alpha value is -1.29. The van der Waals surface area contributed by atoms with E-state index < -0.39 is 0 Å². The fourth-order valence-corrected chi connectivity index (χ4v) is 2.49. The molecule has 0 aromatic heterocycles. The minimum Gasteiger partial charge on any atom is -0.363 e. The first-order valence-electron chi connectivity index (χ1n) is 7.13. The van der Waals surface area contributed by atoms with Crippen molar-refractivity contribution in [1.82, 2.24) is 0 Å². The van der Waals surface area contributed by atoms with Gasteiger partial charge in [-0.05, 0) is 36.8 Å². The van der Waals surface area contributed by atoms with Crippen LogP contribution in [0.25, 0.3) is 0 Å². The van der Waals surface area contributed by atoms with Crippen molar-refractivity contribution in [3.63, 3.8) is 0 Å². The number of rotatable bonds is 7. The van der Waals surface area contributed by atoms with Crippen molar-refractivity contribution in [3.05, 3.63) is 33.9 Å². The number of nitro benzene ring substituents is 1. The molecule has 2 rings (SSSR count). The summed E-state index contributed by atoms with van der Waals surface area (Å²) in [6.45, 7) is 5.23. The maximum atomic E-state index is 11.3. The molecule has 0 unspecified atom stereocenters. The Morgan fingerprint density at radius 1 is 1.45 bits per heavy atom. The number of nitro groups is 1. The average molecular weight is 297 g/mol. The SMILES string of the molecule is CC(C)CCN(c1ccc(CCl)cc1[N+](=O)[O-])C1CC1. The van der Waals surface area contributed by atoms with Crippen LogP contribution in [0.15, 0.2) is 18.2 Å². The van der Waals surface area contributed by atoms with E-state index in [1.165, 1.54) is 0 Å². The normalized spacial score (nSPS) is 14.6. The highest BCUT2D eigenvalue weighted by atomic mass is 35.5. The fraction of sp³-hybridized carbons (Fsp3) is 0.600. The summed E-state index contributed by atoms with van der Waals surface area (Å²) in [5, 5.41) is 11.3. The van der Waals surface area contributed by atoms with Crippen LogP contribution in [0.2, 0.25) is 0 Å². The van der Waals surface area contributed by atoms with E-state index in [0.717, 1.165) is 37.1 Å². The Kier molecular flexibility index (Phi) is 4.86. The Bertz CT molecular complexity index is 487. The van der Waals surface area contributed by atoms with Gasteiger partial charge in [-0.1, -0.05) is 19.9 Å². The summed E-state index contributed by atoms with van der Waals surface area (Å²) in [4.78, 5) is 13.2. The second-order valence-electron chi connectivity index (χ2n) is 5.82. The Labute approximate surface area is 124 Å². The quantitative estimate of drug-likeness (QED) is 0.427. The van der Waals surface area contributed by atoms with Crippen molar-refractivity contribution in [2.45, 2.75) is 45.0 Å². The summed E-state index contributed by atoms with van der Waals surface area (Å²) in [5.41, 5.74) is 1.72. The van der Waals surface area contributed by atoms with Crippen LogP contribution in [0.1, 0.15) is 38.7 Å². The highest BCUT2D eigenvalue weighted by molar-refractivity contribution is 6.17. The topological polar surface area (TPSA) is 46.4 Å². The number of alkyl halides is 1. The van der Waals surface area contributed by atoms with E-state index in [4.69, 9.17) is 11.6 Å². The molecule has 1 aliphatic rings. The van der Waals surface area contributed by atoms with Gasteiger partial charge in [0, 0.05) is 24.5 Å². The second kappa shape index (κ2) is 6.44. The highest BCUT2D eigenvalue weighted by Crippen LogP contribution is 2.37. The molecule has 0 amide bonds.